The molecule has 0 aromatic heterocycles. The average molecular weight is 312 g/mol. The monoisotopic (exact) mass is 312 g/mol. The van der Waals surface area contributed by atoms with Crippen LogP contribution in [0, 0.1) is 5.82 Å². The van der Waals surface area contributed by atoms with Crippen LogP contribution in [0.15, 0.2) is 29.2 Å². The van der Waals surface area contributed by atoms with E-state index in [-0.39, 0.29) is 12.4 Å². The minimum atomic E-state index is -0.765. The summed E-state index contributed by atoms with van der Waals surface area (Å²) in [6, 6.07) is 6.83. The van der Waals surface area contributed by atoms with Crippen molar-refractivity contribution in [3.63, 3.8) is 0 Å². The molecule has 0 radical (unpaired) electrons. The van der Waals surface area contributed by atoms with E-state index in [0.717, 1.165) is 44.9 Å². The number of rotatable bonds is 6. The summed E-state index contributed by atoms with van der Waals surface area (Å²) in [5.41, 5.74) is 0. The Labute approximate surface area is 128 Å². The summed E-state index contributed by atoms with van der Waals surface area (Å²) in [4.78, 5) is 15.7. The van der Waals surface area contributed by atoms with Crippen molar-refractivity contribution in [2.45, 2.75) is 11.3 Å². The number of nitrogens with zero attached hydrogens (tertiary/aromatic N) is 2. The predicted octanol–water partition coefficient (Wildman–Crippen LogP) is 2.01. The van der Waals surface area contributed by atoms with Crippen molar-refractivity contribution in [3.8, 4) is 0 Å². The average Bonchev–Trinajstić information content (AvgIpc) is 2.66. The molecule has 0 atom stereocenters. The third-order valence-corrected chi connectivity index (χ3v) is 4.57. The molecule has 1 heterocycles. The van der Waals surface area contributed by atoms with Crippen LogP contribution < -0.4 is 0 Å². The first kappa shape index (κ1) is 16.3. The lowest BCUT2D eigenvalue weighted by atomic mass is 10.3. The van der Waals surface area contributed by atoms with Crippen LogP contribution in [0.25, 0.3) is 0 Å². The fraction of sp³-hybridized carbons (Fsp3) is 0.533. The summed E-state index contributed by atoms with van der Waals surface area (Å²) >= 11 is 1.53. The third kappa shape index (κ3) is 5.65. The van der Waals surface area contributed by atoms with Gasteiger partial charge in [0.2, 0.25) is 0 Å². The summed E-state index contributed by atoms with van der Waals surface area (Å²) in [7, 11) is 0. The summed E-state index contributed by atoms with van der Waals surface area (Å²) in [5, 5.41) is 8.82. The van der Waals surface area contributed by atoms with Crippen molar-refractivity contribution in [2.75, 3.05) is 45.0 Å². The molecule has 0 bridgehead atoms. The van der Waals surface area contributed by atoms with Crippen LogP contribution in [0.4, 0.5) is 4.39 Å². The van der Waals surface area contributed by atoms with Crippen LogP contribution in [0.5, 0.6) is 0 Å². The van der Waals surface area contributed by atoms with E-state index >= 15 is 0 Å². The van der Waals surface area contributed by atoms with Gasteiger partial charge < -0.3 is 10.0 Å². The molecule has 1 aromatic carbocycles. The first-order valence-electron chi connectivity index (χ1n) is 7.19. The highest BCUT2D eigenvalue weighted by Gasteiger charge is 2.16. The topological polar surface area (TPSA) is 43.8 Å². The fourth-order valence-electron chi connectivity index (χ4n) is 2.44. The number of carboxylic acid groups (broad SMARTS) is 1. The Hall–Kier alpha value is -1.11. The van der Waals surface area contributed by atoms with Gasteiger partial charge in [-0.3, -0.25) is 9.69 Å². The van der Waals surface area contributed by atoms with E-state index in [4.69, 9.17) is 5.11 Å². The summed E-state index contributed by atoms with van der Waals surface area (Å²) in [6.45, 7) is 4.51. The Morgan fingerprint density at radius 1 is 1.19 bits per heavy atom. The minimum Gasteiger partial charge on any atom is -0.480 e. The molecule has 116 valence electrons. The molecular weight excluding hydrogens is 291 g/mol. The van der Waals surface area contributed by atoms with Gasteiger partial charge >= 0.3 is 5.97 Å². The number of hydrogen-bond acceptors (Lipinski definition) is 4. The predicted molar refractivity (Wildman–Crippen MR) is 82.3 cm³/mol. The lowest BCUT2D eigenvalue weighted by Crippen LogP contribution is -2.34. The van der Waals surface area contributed by atoms with Crippen molar-refractivity contribution in [3.05, 3.63) is 30.1 Å². The molecule has 0 aliphatic carbocycles. The number of hydrogen-bond donors (Lipinski definition) is 1. The van der Waals surface area contributed by atoms with Crippen LogP contribution in [-0.4, -0.2) is 65.9 Å². The number of aliphatic carboxylic acids is 1. The van der Waals surface area contributed by atoms with Crippen molar-refractivity contribution >= 4 is 17.7 Å². The van der Waals surface area contributed by atoms with Gasteiger partial charge in [-0.2, -0.15) is 0 Å². The summed E-state index contributed by atoms with van der Waals surface area (Å²) in [5.74, 6) is -0.0792. The highest BCUT2D eigenvalue weighted by atomic mass is 32.2. The second kappa shape index (κ2) is 8.36. The molecule has 1 aliphatic heterocycles. The second-order valence-electron chi connectivity index (χ2n) is 5.14. The number of benzene rings is 1. The molecule has 1 aliphatic rings. The Balaban J connectivity index is 1.72. The summed E-state index contributed by atoms with van der Waals surface area (Å²) < 4.78 is 13.5. The van der Waals surface area contributed by atoms with E-state index in [1.54, 1.807) is 12.1 Å². The van der Waals surface area contributed by atoms with Crippen LogP contribution in [0.1, 0.15) is 6.42 Å². The molecule has 0 saturated carbocycles. The van der Waals surface area contributed by atoms with Crippen molar-refractivity contribution in [2.24, 2.45) is 0 Å². The molecule has 1 fully saturated rings. The molecule has 0 spiro atoms. The zero-order valence-corrected chi connectivity index (χ0v) is 12.8. The second-order valence-corrected chi connectivity index (χ2v) is 6.28. The minimum absolute atomic E-state index is 0.123. The molecule has 0 amide bonds. The van der Waals surface area contributed by atoms with E-state index < -0.39 is 5.97 Å². The van der Waals surface area contributed by atoms with Gasteiger partial charge in [0.25, 0.3) is 0 Å². The molecule has 1 N–H and O–H groups in total. The molecule has 4 nitrogen and oxygen atoms in total. The van der Waals surface area contributed by atoms with Gasteiger partial charge in [0.15, 0.2) is 0 Å². The SMILES string of the molecule is O=C(O)CN1CCCN(CCSc2ccccc2F)CC1. The van der Waals surface area contributed by atoms with Gasteiger partial charge in [0.1, 0.15) is 5.82 Å². The standard InChI is InChI=1S/C15H21FN2O2S/c16-13-4-1-2-5-14(13)21-11-10-17-6-3-7-18(9-8-17)12-15(19)20/h1-2,4-5H,3,6-12H2,(H,19,20). The lowest BCUT2D eigenvalue weighted by Gasteiger charge is -2.20. The number of halogens is 1. The zero-order chi connectivity index (χ0) is 15.1. The molecule has 1 saturated heterocycles. The maximum atomic E-state index is 13.5. The number of carbonyl (C=O) groups is 1. The van der Waals surface area contributed by atoms with E-state index in [9.17, 15) is 9.18 Å². The van der Waals surface area contributed by atoms with Crippen molar-refractivity contribution in [1.82, 2.24) is 9.80 Å². The Morgan fingerprint density at radius 2 is 1.90 bits per heavy atom. The summed E-state index contributed by atoms with van der Waals surface area (Å²) in [6.07, 6.45) is 0.984. The Kier molecular flexibility index (Phi) is 6.48. The smallest absolute Gasteiger partial charge is 0.317 e. The third-order valence-electron chi connectivity index (χ3n) is 3.54. The van der Waals surface area contributed by atoms with E-state index in [0.29, 0.717) is 4.90 Å². The van der Waals surface area contributed by atoms with Gasteiger partial charge in [0.05, 0.1) is 6.54 Å². The lowest BCUT2D eigenvalue weighted by molar-refractivity contribution is -0.138. The van der Waals surface area contributed by atoms with Crippen LogP contribution >= 0.6 is 11.8 Å². The number of carboxylic acids is 1. The van der Waals surface area contributed by atoms with Gasteiger partial charge in [-0.15, -0.1) is 11.8 Å². The van der Waals surface area contributed by atoms with E-state index in [1.807, 2.05) is 11.0 Å². The molecular formula is C15H21FN2O2S. The highest BCUT2D eigenvalue weighted by Crippen LogP contribution is 2.21. The Morgan fingerprint density at radius 3 is 2.67 bits per heavy atom. The van der Waals surface area contributed by atoms with Crippen LogP contribution in [0.3, 0.4) is 0 Å². The van der Waals surface area contributed by atoms with Crippen molar-refractivity contribution < 1.29 is 14.3 Å². The molecule has 0 unspecified atom stereocenters. The quantitative estimate of drug-likeness (QED) is 0.814. The van der Waals surface area contributed by atoms with Gasteiger partial charge in [0, 0.05) is 36.8 Å². The van der Waals surface area contributed by atoms with Crippen LogP contribution in [0.2, 0.25) is 0 Å². The van der Waals surface area contributed by atoms with Crippen LogP contribution in [-0.2, 0) is 4.79 Å². The van der Waals surface area contributed by atoms with Crippen molar-refractivity contribution in [1.29, 1.82) is 0 Å². The van der Waals surface area contributed by atoms with Gasteiger partial charge in [-0.1, -0.05) is 12.1 Å². The van der Waals surface area contributed by atoms with E-state index in [2.05, 4.69) is 4.90 Å². The Bertz CT molecular complexity index is 473. The first-order chi connectivity index (χ1) is 10.1. The number of thioether (sulfide) groups is 1. The maximum Gasteiger partial charge on any atom is 0.317 e. The molecule has 6 heteroatoms. The molecule has 2 rings (SSSR count). The van der Waals surface area contributed by atoms with Gasteiger partial charge in [-0.25, -0.2) is 4.39 Å². The zero-order valence-electron chi connectivity index (χ0n) is 12.0. The first-order valence-corrected chi connectivity index (χ1v) is 8.17. The molecule has 1 aromatic rings. The molecule has 21 heavy (non-hydrogen) atoms. The largest absolute Gasteiger partial charge is 0.480 e. The fourth-order valence-corrected chi connectivity index (χ4v) is 3.39. The maximum absolute atomic E-state index is 13.5. The van der Waals surface area contributed by atoms with Gasteiger partial charge in [-0.05, 0) is 25.1 Å². The van der Waals surface area contributed by atoms with E-state index in [1.165, 1.54) is 17.8 Å². The highest BCUT2D eigenvalue weighted by molar-refractivity contribution is 7.99. The normalized spacial score (nSPS) is 17.6.